The van der Waals surface area contributed by atoms with Crippen LogP contribution in [0, 0.1) is 6.92 Å². The minimum Gasteiger partial charge on any atom is -0.497 e. The molecular weight excluding hydrogens is 457 g/mol. The first-order chi connectivity index (χ1) is 16.7. The Bertz CT molecular complexity index is 1420. The third kappa shape index (κ3) is 5.14. The highest BCUT2D eigenvalue weighted by atomic mass is 19.4. The van der Waals surface area contributed by atoms with E-state index < -0.39 is 17.7 Å². The van der Waals surface area contributed by atoms with E-state index in [-0.39, 0.29) is 17.1 Å². The largest absolute Gasteiger partial charge is 0.497 e. The van der Waals surface area contributed by atoms with Crippen molar-refractivity contribution in [2.45, 2.75) is 13.1 Å². The third-order valence-electron chi connectivity index (χ3n) is 5.50. The molecule has 0 radical (unpaired) electrons. The summed E-state index contributed by atoms with van der Waals surface area (Å²) in [4.78, 5) is 10.8. The van der Waals surface area contributed by atoms with Crippen LogP contribution in [-0.2, 0) is 11.0 Å². The number of aryl methyl sites for hydroxylation is 1. The van der Waals surface area contributed by atoms with Gasteiger partial charge in [0.05, 0.1) is 12.7 Å². The van der Waals surface area contributed by atoms with Gasteiger partial charge in [-0.2, -0.15) is 13.2 Å². The van der Waals surface area contributed by atoms with E-state index in [9.17, 15) is 18.0 Å². The normalized spacial score (nSPS) is 11.7. The zero-order valence-corrected chi connectivity index (χ0v) is 18.9. The Morgan fingerprint density at radius 3 is 2.37 bits per heavy atom. The molecule has 0 saturated heterocycles. The molecule has 0 spiro atoms. The van der Waals surface area contributed by atoms with Crippen LogP contribution in [0.15, 0.2) is 78.9 Å². The summed E-state index contributed by atoms with van der Waals surface area (Å²) in [5.74, 6) is -0.744. The van der Waals surface area contributed by atoms with Gasteiger partial charge in [0, 0.05) is 17.0 Å². The molecular formula is C28H21F3O4. The highest BCUT2D eigenvalue weighted by Crippen LogP contribution is 2.45. The van der Waals surface area contributed by atoms with Crippen LogP contribution in [0.2, 0.25) is 0 Å². The summed E-state index contributed by atoms with van der Waals surface area (Å²) in [6, 6.07) is 20.0. The smallest absolute Gasteiger partial charge is 0.420 e. The van der Waals surface area contributed by atoms with Crippen molar-refractivity contribution in [1.29, 1.82) is 0 Å². The number of methoxy groups -OCH3 is 1. The first-order valence-electron chi connectivity index (χ1n) is 10.6. The van der Waals surface area contributed by atoms with Crippen LogP contribution in [0.25, 0.3) is 28.0 Å². The van der Waals surface area contributed by atoms with Crippen LogP contribution >= 0.6 is 0 Å². The number of hydrogen-bond acceptors (Lipinski definition) is 3. The fourth-order valence-corrected chi connectivity index (χ4v) is 3.92. The average Bonchev–Trinajstić information content (AvgIpc) is 2.82. The summed E-state index contributed by atoms with van der Waals surface area (Å²) in [6.07, 6.45) is -2.84. The van der Waals surface area contributed by atoms with Gasteiger partial charge in [0.25, 0.3) is 0 Å². The number of carbonyl (C=O) groups is 1. The number of rotatable bonds is 6. The van der Waals surface area contributed by atoms with E-state index >= 15 is 0 Å². The molecule has 4 aromatic carbocycles. The monoisotopic (exact) mass is 478 g/mol. The summed E-state index contributed by atoms with van der Waals surface area (Å²) in [5.41, 5.74) is 1.38. The van der Waals surface area contributed by atoms with Crippen molar-refractivity contribution in [2.24, 2.45) is 0 Å². The predicted molar refractivity (Wildman–Crippen MR) is 129 cm³/mol. The van der Waals surface area contributed by atoms with Crippen molar-refractivity contribution in [3.8, 4) is 28.4 Å². The Labute approximate surface area is 199 Å². The molecule has 0 bridgehead atoms. The summed E-state index contributed by atoms with van der Waals surface area (Å²) in [5, 5.41) is 10.2. The SMILES string of the molecule is COc1ccc2c(Oc3ccc(C=CC(=O)O)cc3C(F)(F)F)c(-c3ccccc3)c(C)cc2c1. The highest BCUT2D eigenvalue weighted by Gasteiger charge is 2.35. The molecule has 0 aliphatic carbocycles. The van der Waals surface area contributed by atoms with Gasteiger partial charge in [-0.25, -0.2) is 4.79 Å². The fourth-order valence-electron chi connectivity index (χ4n) is 3.92. The number of alkyl halides is 3. The maximum absolute atomic E-state index is 14.0. The van der Waals surface area contributed by atoms with Crippen molar-refractivity contribution in [1.82, 2.24) is 0 Å². The predicted octanol–water partition coefficient (Wildman–Crippen LogP) is 7.73. The molecule has 0 amide bonds. The van der Waals surface area contributed by atoms with Crippen LogP contribution in [0.1, 0.15) is 16.7 Å². The Hall–Kier alpha value is -4.26. The summed E-state index contributed by atoms with van der Waals surface area (Å²) in [7, 11) is 1.54. The Kier molecular flexibility index (Phi) is 6.51. The summed E-state index contributed by atoms with van der Waals surface area (Å²) < 4.78 is 53.4. The van der Waals surface area contributed by atoms with Gasteiger partial charge in [0.1, 0.15) is 17.2 Å². The van der Waals surface area contributed by atoms with Gasteiger partial charge >= 0.3 is 12.1 Å². The number of carboxylic acids is 1. The maximum Gasteiger partial charge on any atom is 0.420 e. The first-order valence-corrected chi connectivity index (χ1v) is 10.6. The molecule has 0 aliphatic heterocycles. The molecule has 0 heterocycles. The third-order valence-corrected chi connectivity index (χ3v) is 5.50. The minimum atomic E-state index is -4.72. The molecule has 0 fully saturated rings. The second-order valence-electron chi connectivity index (χ2n) is 7.88. The highest BCUT2D eigenvalue weighted by molar-refractivity contribution is 5.97. The number of carboxylic acid groups (broad SMARTS) is 1. The van der Waals surface area contributed by atoms with Crippen LogP contribution in [0.4, 0.5) is 13.2 Å². The summed E-state index contributed by atoms with van der Waals surface area (Å²) >= 11 is 0. The van der Waals surface area contributed by atoms with Gasteiger partial charge < -0.3 is 14.6 Å². The lowest BCUT2D eigenvalue weighted by Gasteiger charge is -2.20. The molecule has 0 atom stereocenters. The van der Waals surface area contributed by atoms with Crippen LogP contribution < -0.4 is 9.47 Å². The zero-order valence-electron chi connectivity index (χ0n) is 18.9. The van der Waals surface area contributed by atoms with E-state index in [1.165, 1.54) is 12.1 Å². The first kappa shape index (κ1) is 23.9. The van der Waals surface area contributed by atoms with Gasteiger partial charge in [0.2, 0.25) is 0 Å². The van der Waals surface area contributed by atoms with Crippen LogP contribution in [0.5, 0.6) is 17.2 Å². The fraction of sp³-hybridized carbons (Fsp3) is 0.107. The maximum atomic E-state index is 14.0. The van der Waals surface area contributed by atoms with E-state index in [0.717, 1.165) is 34.7 Å². The lowest BCUT2D eigenvalue weighted by atomic mass is 9.94. The van der Waals surface area contributed by atoms with Crippen LogP contribution in [-0.4, -0.2) is 18.2 Å². The van der Waals surface area contributed by atoms with Gasteiger partial charge in [-0.1, -0.05) is 42.5 Å². The number of halogens is 3. The summed E-state index contributed by atoms with van der Waals surface area (Å²) in [6.45, 7) is 1.87. The second-order valence-corrected chi connectivity index (χ2v) is 7.88. The van der Waals surface area contributed by atoms with Crippen molar-refractivity contribution in [2.75, 3.05) is 7.11 Å². The molecule has 4 rings (SSSR count). The molecule has 4 aromatic rings. The molecule has 7 heteroatoms. The molecule has 0 aromatic heterocycles. The van der Waals surface area contributed by atoms with E-state index in [0.29, 0.717) is 16.7 Å². The van der Waals surface area contributed by atoms with Gasteiger partial charge in [-0.15, -0.1) is 0 Å². The van der Waals surface area contributed by atoms with E-state index in [1.54, 1.807) is 25.3 Å². The van der Waals surface area contributed by atoms with Gasteiger partial charge in [-0.05, 0) is 65.4 Å². The number of aliphatic carboxylic acids is 1. The average molecular weight is 478 g/mol. The molecule has 178 valence electrons. The quantitative estimate of drug-likeness (QED) is 0.288. The number of hydrogen-bond donors (Lipinski definition) is 1. The number of benzene rings is 4. The van der Waals surface area contributed by atoms with Crippen molar-refractivity contribution in [3.63, 3.8) is 0 Å². The Morgan fingerprint density at radius 1 is 0.971 bits per heavy atom. The Morgan fingerprint density at radius 2 is 1.71 bits per heavy atom. The second kappa shape index (κ2) is 9.54. The molecule has 0 saturated carbocycles. The van der Waals surface area contributed by atoms with Crippen molar-refractivity contribution < 1.29 is 32.5 Å². The molecule has 35 heavy (non-hydrogen) atoms. The topological polar surface area (TPSA) is 55.8 Å². The van der Waals surface area contributed by atoms with Gasteiger partial charge in [-0.3, -0.25) is 0 Å². The number of ether oxygens (including phenoxy) is 2. The minimum absolute atomic E-state index is 0.0918. The van der Waals surface area contributed by atoms with E-state index in [1.807, 2.05) is 43.3 Å². The zero-order chi connectivity index (χ0) is 25.2. The van der Waals surface area contributed by atoms with Crippen molar-refractivity contribution in [3.05, 3.63) is 95.6 Å². The van der Waals surface area contributed by atoms with E-state index in [4.69, 9.17) is 14.6 Å². The lowest BCUT2D eigenvalue weighted by molar-refractivity contribution is -0.138. The Balaban J connectivity index is 1.95. The molecule has 1 N–H and O–H groups in total. The lowest BCUT2D eigenvalue weighted by Crippen LogP contribution is -2.08. The van der Waals surface area contributed by atoms with Crippen molar-refractivity contribution >= 4 is 22.8 Å². The molecule has 4 nitrogen and oxygen atoms in total. The van der Waals surface area contributed by atoms with Gasteiger partial charge in [0.15, 0.2) is 0 Å². The molecule has 0 unspecified atom stereocenters. The van der Waals surface area contributed by atoms with Crippen LogP contribution in [0.3, 0.4) is 0 Å². The number of fused-ring (bicyclic) bond motifs is 1. The molecule has 0 aliphatic rings. The standard InChI is InChI=1S/C28H21F3O4/c1-17-14-20-16-21(34-2)10-11-22(20)27(26(17)19-6-4-3-5-7-19)35-24-12-8-18(9-13-25(32)33)15-23(24)28(29,30)31/h3-16H,1-2H3,(H,32,33). The van der Waals surface area contributed by atoms with E-state index in [2.05, 4.69) is 0 Å².